The molecule has 1 aliphatic heterocycles. The average Bonchev–Trinajstić information content (AvgIpc) is 3.35. The Bertz CT molecular complexity index is 1140. The number of para-hydroxylation sites is 1. The van der Waals surface area contributed by atoms with E-state index in [1.807, 2.05) is 0 Å². The van der Waals surface area contributed by atoms with Crippen molar-refractivity contribution in [2.45, 2.75) is 6.54 Å². The predicted molar refractivity (Wildman–Crippen MR) is 116 cm³/mol. The summed E-state index contributed by atoms with van der Waals surface area (Å²) in [5.74, 6) is 0.646. The highest BCUT2D eigenvalue weighted by atomic mass is 32.2. The number of nitrogens with zero attached hydrogens (tertiary/aromatic N) is 3. The number of hydrogen-bond acceptors (Lipinski definition) is 7. The standard InChI is InChI=1S/C22H17N3O4S/c26-17-9-7-15(8-10-17)12-20-21(28)25(14-18-5-3-11-29-18)22(30-20)24-23-13-16-4-1-2-6-19(16)27/h1-13,26-27H,14H2/b20-12-,23-13-,24-22+. The molecule has 1 aliphatic rings. The van der Waals surface area contributed by atoms with E-state index in [2.05, 4.69) is 10.2 Å². The SMILES string of the molecule is O=C1/C(=C/c2ccc(O)cc2)S/C(=N/N=C\c2ccccc2O)N1Cc1ccco1. The molecule has 0 spiro atoms. The Labute approximate surface area is 176 Å². The molecule has 3 aromatic rings. The van der Waals surface area contributed by atoms with E-state index >= 15 is 0 Å². The number of phenolic OH excluding ortho intramolecular Hbond substituents is 2. The van der Waals surface area contributed by atoms with Gasteiger partial charge in [0.15, 0.2) is 5.17 Å². The van der Waals surface area contributed by atoms with Crippen molar-refractivity contribution in [1.82, 2.24) is 4.90 Å². The molecule has 0 bridgehead atoms. The van der Waals surface area contributed by atoms with E-state index in [4.69, 9.17) is 4.42 Å². The lowest BCUT2D eigenvalue weighted by Crippen LogP contribution is -2.28. The molecule has 2 aromatic carbocycles. The number of carbonyl (C=O) groups excluding carboxylic acids is 1. The monoisotopic (exact) mass is 419 g/mol. The first-order valence-electron chi connectivity index (χ1n) is 9.02. The molecule has 0 radical (unpaired) electrons. The number of phenols is 2. The Hall–Kier alpha value is -3.78. The molecule has 1 fully saturated rings. The summed E-state index contributed by atoms with van der Waals surface area (Å²) in [5.41, 5.74) is 1.30. The van der Waals surface area contributed by atoms with E-state index < -0.39 is 0 Å². The minimum Gasteiger partial charge on any atom is -0.508 e. The van der Waals surface area contributed by atoms with Gasteiger partial charge in [-0.2, -0.15) is 5.10 Å². The summed E-state index contributed by atoms with van der Waals surface area (Å²) >= 11 is 1.19. The molecular weight excluding hydrogens is 402 g/mol. The van der Waals surface area contributed by atoms with Crippen molar-refractivity contribution in [3.8, 4) is 11.5 Å². The van der Waals surface area contributed by atoms with Gasteiger partial charge in [-0.3, -0.25) is 9.69 Å². The van der Waals surface area contributed by atoms with Crippen molar-refractivity contribution in [3.63, 3.8) is 0 Å². The van der Waals surface area contributed by atoms with Gasteiger partial charge in [-0.25, -0.2) is 0 Å². The first-order valence-corrected chi connectivity index (χ1v) is 9.83. The van der Waals surface area contributed by atoms with Crippen LogP contribution >= 0.6 is 11.8 Å². The fourth-order valence-corrected chi connectivity index (χ4v) is 3.67. The third kappa shape index (κ3) is 4.44. The van der Waals surface area contributed by atoms with Gasteiger partial charge in [0.25, 0.3) is 5.91 Å². The zero-order valence-electron chi connectivity index (χ0n) is 15.7. The van der Waals surface area contributed by atoms with Crippen molar-refractivity contribution < 1.29 is 19.4 Å². The molecule has 8 heteroatoms. The maximum absolute atomic E-state index is 13.0. The van der Waals surface area contributed by atoms with Crippen LogP contribution in [-0.4, -0.2) is 32.4 Å². The minimum absolute atomic E-state index is 0.0944. The highest BCUT2D eigenvalue weighted by Gasteiger charge is 2.34. The van der Waals surface area contributed by atoms with Crippen LogP contribution in [0.25, 0.3) is 6.08 Å². The smallest absolute Gasteiger partial charge is 0.267 e. The number of thioether (sulfide) groups is 1. The molecular formula is C22H17N3O4S. The van der Waals surface area contributed by atoms with Crippen LogP contribution in [-0.2, 0) is 11.3 Å². The van der Waals surface area contributed by atoms with Gasteiger partial charge < -0.3 is 14.6 Å². The second-order valence-electron chi connectivity index (χ2n) is 6.36. The maximum Gasteiger partial charge on any atom is 0.267 e. The lowest BCUT2D eigenvalue weighted by molar-refractivity contribution is -0.122. The molecule has 1 amide bonds. The first-order chi connectivity index (χ1) is 14.6. The second kappa shape index (κ2) is 8.71. The van der Waals surface area contributed by atoms with E-state index in [0.29, 0.717) is 21.4 Å². The molecule has 0 atom stereocenters. The van der Waals surface area contributed by atoms with Gasteiger partial charge >= 0.3 is 0 Å². The molecule has 4 rings (SSSR count). The van der Waals surface area contributed by atoms with Crippen LogP contribution in [0.1, 0.15) is 16.9 Å². The Kier molecular flexibility index (Phi) is 5.67. The van der Waals surface area contributed by atoms with Crippen LogP contribution in [0.4, 0.5) is 0 Å². The van der Waals surface area contributed by atoms with Crippen LogP contribution in [0.15, 0.2) is 86.5 Å². The minimum atomic E-state index is -0.221. The Balaban J connectivity index is 1.62. The van der Waals surface area contributed by atoms with E-state index in [0.717, 1.165) is 5.56 Å². The van der Waals surface area contributed by atoms with Crippen molar-refractivity contribution >= 4 is 35.1 Å². The van der Waals surface area contributed by atoms with E-state index in [9.17, 15) is 15.0 Å². The lowest BCUT2D eigenvalue weighted by atomic mass is 10.2. The van der Waals surface area contributed by atoms with Gasteiger partial charge in [-0.05, 0) is 59.8 Å². The summed E-state index contributed by atoms with van der Waals surface area (Å²) in [6.07, 6.45) is 4.71. The second-order valence-corrected chi connectivity index (χ2v) is 7.37. The van der Waals surface area contributed by atoms with Gasteiger partial charge in [0, 0.05) is 5.56 Å². The van der Waals surface area contributed by atoms with Gasteiger partial charge in [-0.1, -0.05) is 24.3 Å². The molecule has 150 valence electrons. The van der Waals surface area contributed by atoms with Crippen molar-refractivity contribution in [2.75, 3.05) is 0 Å². The van der Waals surface area contributed by atoms with Crippen LogP contribution in [0.3, 0.4) is 0 Å². The molecule has 0 aliphatic carbocycles. The predicted octanol–water partition coefficient (Wildman–Crippen LogP) is 4.20. The van der Waals surface area contributed by atoms with Crippen molar-refractivity contribution in [2.24, 2.45) is 10.2 Å². The summed E-state index contributed by atoms with van der Waals surface area (Å²) < 4.78 is 5.37. The number of furan rings is 1. The first kappa shape index (κ1) is 19.5. The van der Waals surface area contributed by atoms with Crippen molar-refractivity contribution in [3.05, 3.63) is 88.7 Å². The normalized spacial score (nSPS) is 16.9. The largest absolute Gasteiger partial charge is 0.508 e. The third-order valence-corrected chi connectivity index (χ3v) is 5.25. The topological polar surface area (TPSA) is 98.6 Å². The Morgan fingerprint density at radius 1 is 1.03 bits per heavy atom. The number of hydrogen-bond donors (Lipinski definition) is 2. The number of rotatable bonds is 5. The van der Waals surface area contributed by atoms with Crippen LogP contribution < -0.4 is 0 Å². The number of benzene rings is 2. The van der Waals surface area contributed by atoms with Gasteiger partial charge in [0.1, 0.15) is 17.3 Å². The third-order valence-electron chi connectivity index (χ3n) is 4.25. The molecule has 2 N–H and O–H groups in total. The highest BCUT2D eigenvalue weighted by molar-refractivity contribution is 8.18. The lowest BCUT2D eigenvalue weighted by Gasteiger charge is -2.12. The van der Waals surface area contributed by atoms with Crippen LogP contribution in [0.2, 0.25) is 0 Å². The summed E-state index contributed by atoms with van der Waals surface area (Å²) in [6.45, 7) is 0.219. The van der Waals surface area contributed by atoms with Crippen LogP contribution in [0.5, 0.6) is 11.5 Å². The zero-order chi connectivity index (χ0) is 20.9. The zero-order valence-corrected chi connectivity index (χ0v) is 16.5. The van der Waals surface area contributed by atoms with Gasteiger partial charge in [0.2, 0.25) is 0 Å². The fourth-order valence-electron chi connectivity index (χ4n) is 2.74. The van der Waals surface area contributed by atoms with Gasteiger partial charge in [-0.15, -0.1) is 5.10 Å². The average molecular weight is 419 g/mol. The Morgan fingerprint density at radius 3 is 2.57 bits per heavy atom. The van der Waals surface area contributed by atoms with Gasteiger partial charge in [0.05, 0.1) is 23.9 Å². The fraction of sp³-hybridized carbons (Fsp3) is 0.0455. The maximum atomic E-state index is 13.0. The number of amidine groups is 1. The van der Waals surface area contributed by atoms with Crippen LogP contribution in [0, 0.1) is 0 Å². The summed E-state index contributed by atoms with van der Waals surface area (Å²) in [4.78, 5) is 14.9. The molecule has 30 heavy (non-hydrogen) atoms. The molecule has 7 nitrogen and oxygen atoms in total. The summed E-state index contributed by atoms with van der Waals surface area (Å²) in [5, 5.41) is 27.9. The van der Waals surface area contributed by atoms with Crippen molar-refractivity contribution in [1.29, 1.82) is 0 Å². The van der Waals surface area contributed by atoms with E-state index in [1.165, 1.54) is 22.9 Å². The molecule has 1 aromatic heterocycles. The molecule has 0 saturated carbocycles. The van der Waals surface area contributed by atoms with E-state index in [1.54, 1.807) is 73.0 Å². The molecule has 0 unspecified atom stereocenters. The Morgan fingerprint density at radius 2 is 1.83 bits per heavy atom. The number of carbonyl (C=O) groups is 1. The number of amides is 1. The summed E-state index contributed by atoms with van der Waals surface area (Å²) in [6, 6.07) is 16.9. The van der Waals surface area contributed by atoms with E-state index in [-0.39, 0.29) is 24.0 Å². The highest BCUT2D eigenvalue weighted by Crippen LogP contribution is 2.34. The number of aromatic hydroxyl groups is 2. The molecule has 2 heterocycles. The summed E-state index contributed by atoms with van der Waals surface area (Å²) in [7, 11) is 0. The quantitative estimate of drug-likeness (QED) is 0.367. The molecule has 1 saturated heterocycles.